The third-order valence-electron chi connectivity index (χ3n) is 6.02. The van der Waals surface area contributed by atoms with Crippen molar-refractivity contribution in [2.24, 2.45) is 0 Å². The molecule has 0 aromatic heterocycles. The number of benzene rings is 3. The van der Waals surface area contributed by atoms with Gasteiger partial charge in [-0.25, -0.2) is 9.18 Å². The van der Waals surface area contributed by atoms with Crippen molar-refractivity contribution < 1.29 is 28.6 Å². The summed E-state index contributed by atoms with van der Waals surface area (Å²) >= 11 is 0. The van der Waals surface area contributed by atoms with Gasteiger partial charge < -0.3 is 9.84 Å². The van der Waals surface area contributed by atoms with Gasteiger partial charge in [0.1, 0.15) is 11.6 Å². The number of esters is 1. The van der Waals surface area contributed by atoms with Crippen molar-refractivity contribution in [3.63, 3.8) is 0 Å². The maximum atomic E-state index is 13.8. The Hall–Kier alpha value is -4.26. The monoisotopic (exact) mass is 473 g/mol. The molecular weight excluding hydrogens is 449 g/mol. The van der Waals surface area contributed by atoms with Gasteiger partial charge in [0.15, 0.2) is 0 Å². The molecule has 1 unspecified atom stereocenters. The zero-order valence-corrected chi connectivity index (χ0v) is 19.5. The molecule has 178 valence electrons. The predicted octanol–water partition coefficient (Wildman–Crippen LogP) is 5.25. The van der Waals surface area contributed by atoms with Crippen LogP contribution in [0.4, 0.5) is 10.1 Å². The van der Waals surface area contributed by atoms with Crippen molar-refractivity contribution >= 4 is 29.1 Å². The van der Waals surface area contributed by atoms with Crippen LogP contribution in [0.2, 0.25) is 0 Å². The Morgan fingerprint density at radius 1 is 0.971 bits per heavy atom. The Bertz CT molecular complexity index is 1360. The van der Waals surface area contributed by atoms with E-state index in [1.807, 2.05) is 19.1 Å². The van der Waals surface area contributed by atoms with Gasteiger partial charge in [-0.2, -0.15) is 0 Å². The minimum Gasteiger partial charge on any atom is -0.507 e. The minimum absolute atomic E-state index is 0.0928. The smallest absolute Gasteiger partial charge is 0.338 e. The van der Waals surface area contributed by atoms with E-state index >= 15 is 0 Å². The van der Waals surface area contributed by atoms with Crippen molar-refractivity contribution in [2.75, 3.05) is 11.5 Å². The second-order valence-corrected chi connectivity index (χ2v) is 8.26. The number of aryl methyl sites for hydroxylation is 2. The molecule has 1 heterocycles. The number of anilines is 1. The van der Waals surface area contributed by atoms with Crippen molar-refractivity contribution in [1.82, 2.24) is 0 Å². The molecule has 1 N–H and O–H groups in total. The lowest BCUT2D eigenvalue weighted by Gasteiger charge is -2.26. The van der Waals surface area contributed by atoms with Gasteiger partial charge >= 0.3 is 5.97 Å². The predicted molar refractivity (Wildman–Crippen MR) is 129 cm³/mol. The topological polar surface area (TPSA) is 83.9 Å². The Morgan fingerprint density at radius 2 is 1.63 bits per heavy atom. The summed E-state index contributed by atoms with van der Waals surface area (Å²) in [5, 5.41) is 11.2. The van der Waals surface area contributed by atoms with Gasteiger partial charge in [-0.1, -0.05) is 24.3 Å². The summed E-state index contributed by atoms with van der Waals surface area (Å²) in [7, 11) is 0. The third-order valence-corrected chi connectivity index (χ3v) is 6.02. The molecule has 0 spiro atoms. The highest BCUT2D eigenvalue weighted by atomic mass is 19.1. The van der Waals surface area contributed by atoms with E-state index in [4.69, 9.17) is 4.74 Å². The van der Waals surface area contributed by atoms with Crippen LogP contribution in [0, 0.1) is 19.7 Å². The molecule has 4 rings (SSSR count). The maximum Gasteiger partial charge on any atom is 0.338 e. The summed E-state index contributed by atoms with van der Waals surface area (Å²) in [6.45, 7) is 5.33. The van der Waals surface area contributed by atoms with Gasteiger partial charge in [0.05, 0.1) is 23.8 Å². The Balaban J connectivity index is 1.89. The van der Waals surface area contributed by atoms with E-state index < -0.39 is 29.5 Å². The second-order valence-electron chi connectivity index (χ2n) is 8.26. The number of Topliss-reactive ketones (excluding diaryl/α,β-unsaturated/α-hetero) is 1. The molecule has 1 atom stereocenters. The quantitative estimate of drug-likeness (QED) is 0.237. The number of ketones is 1. The highest BCUT2D eigenvalue weighted by molar-refractivity contribution is 6.51. The molecule has 6 nitrogen and oxygen atoms in total. The van der Waals surface area contributed by atoms with Crippen LogP contribution in [-0.2, 0) is 14.3 Å². The summed E-state index contributed by atoms with van der Waals surface area (Å²) in [6, 6.07) is 16.5. The fraction of sp³-hybridized carbons (Fsp3) is 0.179. The molecule has 1 saturated heterocycles. The largest absolute Gasteiger partial charge is 0.507 e. The fourth-order valence-corrected chi connectivity index (χ4v) is 4.21. The van der Waals surface area contributed by atoms with E-state index in [0.29, 0.717) is 22.4 Å². The molecule has 35 heavy (non-hydrogen) atoms. The highest BCUT2D eigenvalue weighted by Gasteiger charge is 2.47. The van der Waals surface area contributed by atoms with Crippen LogP contribution in [0.1, 0.15) is 45.6 Å². The second kappa shape index (κ2) is 9.54. The van der Waals surface area contributed by atoms with E-state index in [9.17, 15) is 23.9 Å². The number of nitrogens with zero attached hydrogens (tertiary/aromatic N) is 1. The number of amides is 1. The SMILES string of the molecule is CCOC(=O)c1ccc(N2C(=O)C(=O)/C(=C(/O)c3ccc(F)c(C)c3)C2c2ccccc2C)cc1. The molecule has 1 amide bonds. The Kier molecular flexibility index (Phi) is 6.51. The lowest BCUT2D eigenvalue weighted by atomic mass is 9.92. The molecule has 3 aromatic rings. The van der Waals surface area contributed by atoms with Crippen molar-refractivity contribution in [3.05, 3.63) is 106 Å². The average molecular weight is 474 g/mol. The van der Waals surface area contributed by atoms with Gasteiger partial charge in [-0.3, -0.25) is 14.5 Å². The van der Waals surface area contributed by atoms with Crippen LogP contribution in [0.3, 0.4) is 0 Å². The molecular formula is C28H24FNO5. The molecule has 1 aliphatic rings. The van der Waals surface area contributed by atoms with Crippen molar-refractivity contribution in [3.8, 4) is 0 Å². The van der Waals surface area contributed by atoms with E-state index in [-0.39, 0.29) is 23.5 Å². The Labute approximate surface area is 202 Å². The third kappa shape index (κ3) is 4.33. The summed E-state index contributed by atoms with van der Waals surface area (Å²) in [5.74, 6) is -3.00. The number of hydrogen-bond acceptors (Lipinski definition) is 5. The van der Waals surface area contributed by atoms with Gasteiger partial charge in [0.2, 0.25) is 0 Å². The van der Waals surface area contributed by atoms with Gasteiger partial charge in [-0.15, -0.1) is 0 Å². The Morgan fingerprint density at radius 3 is 2.26 bits per heavy atom. The van der Waals surface area contributed by atoms with E-state index in [2.05, 4.69) is 0 Å². The first kappa shape index (κ1) is 23.9. The average Bonchev–Trinajstić information content (AvgIpc) is 3.11. The molecule has 3 aromatic carbocycles. The molecule has 0 aliphatic carbocycles. The number of carbonyl (C=O) groups is 3. The number of carbonyl (C=O) groups excluding carboxylic acids is 3. The zero-order valence-electron chi connectivity index (χ0n) is 19.5. The van der Waals surface area contributed by atoms with Crippen LogP contribution in [0.5, 0.6) is 0 Å². The summed E-state index contributed by atoms with van der Waals surface area (Å²) in [4.78, 5) is 39.9. The van der Waals surface area contributed by atoms with Crippen LogP contribution in [-0.4, -0.2) is 29.4 Å². The zero-order chi connectivity index (χ0) is 25.3. The van der Waals surface area contributed by atoms with Crippen molar-refractivity contribution in [1.29, 1.82) is 0 Å². The highest BCUT2D eigenvalue weighted by Crippen LogP contribution is 2.43. The van der Waals surface area contributed by atoms with E-state index in [0.717, 1.165) is 5.56 Å². The lowest BCUT2D eigenvalue weighted by Crippen LogP contribution is -2.29. The van der Waals surface area contributed by atoms with Gasteiger partial charge in [-0.05, 0) is 79.9 Å². The van der Waals surface area contributed by atoms with E-state index in [1.54, 1.807) is 38.1 Å². The first-order chi connectivity index (χ1) is 16.7. The molecule has 1 fully saturated rings. The summed E-state index contributed by atoms with van der Waals surface area (Å²) in [6.07, 6.45) is 0. The molecule has 0 bridgehead atoms. The van der Waals surface area contributed by atoms with E-state index in [1.165, 1.54) is 35.2 Å². The van der Waals surface area contributed by atoms with Crippen LogP contribution < -0.4 is 4.90 Å². The van der Waals surface area contributed by atoms with Crippen LogP contribution in [0.25, 0.3) is 5.76 Å². The summed E-state index contributed by atoms with van der Waals surface area (Å²) in [5.41, 5.74) is 2.59. The number of aliphatic hydroxyl groups excluding tert-OH is 1. The standard InChI is InChI=1S/C28H24FNO5/c1-4-35-28(34)18-9-12-20(13-10-18)30-24(21-8-6-5-7-16(21)2)23(26(32)27(30)33)25(31)19-11-14-22(29)17(3)15-19/h5-15,24,31H,4H2,1-3H3/b25-23+. The number of rotatable bonds is 5. The first-order valence-electron chi connectivity index (χ1n) is 11.1. The lowest BCUT2D eigenvalue weighted by molar-refractivity contribution is -0.132. The van der Waals surface area contributed by atoms with Crippen molar-refractivity contribution in [2.45, 2.75) is 26.8 Å². The molecule has 1 aliphatic heterocycles. The number of aliphatic hydroxyl groups is 1. The molecule has 7 heteroatoms. The van der Waals surface area contributed by atoms with Gasteiger partial charge in [0.25, 0.3) is 11.7 Å². The fourth-order valence-electron chi connectivity index (χ4n) is 4.21. The maximum absolute atomic E-state index is 13.8. The minimum atomic E-state index is -0.921. The number of halogens is 1. The van der Waals surface area contributed by atoms with Crippen LogP contribution >= 0.6 is 0 Å². The molecule has 0 saturated carbocycles. The first-order valence-corrected chi connectivity index (χ1v) is 11.1. The number of hydrogen-bond donors (Lipinski definition) is 1. The van der Waals surface area contributed by atoms with Gasteiger partial charge in [0, 0.05) is 11.3 Å². The van der Waals surface area contributed by atoms with Crippen LogP contribution in [0.15, 0.2) is 72.3 Å². The normalized spacial score (nSPS) is 17.0. The number of ether oxygens (including phenoxy) is 1. The summed E-state index contributed by atoms with van der Waals surface area (Å²) < 4.78 is 18.8. The molecule has 0 radical (unpaired) electrons.